The molecule has 1 aromatic heterocycles. The van der Waals surface area contributed by atoms with Crippen molar-refractivity contribution < 1.29 is 9.53 Å². The van der Waals surface area contributed by atoms with Crippen molar-refractivity contribution in [3.63, 3.8) is 0 Å². The highest BCUT2D eigenvalue weighted by Gasteiger charge is 2.03. The van der Waals surface area contributed by atoms with Gasteiger partial charge in [0.2, 0.25) is 0 Å². The van der Waals surface area contributed by atoms with Crippen LogP contribution in [0.15, 0.2) is 12.3 Å². The average molecular weight is 268 g/mol. The summed E-state index contributed by atoms with van der Waals surface area (Å²) in [7, 11) is 1.65. The van der Waals surface area contributed by atoms with Crippen molar-refractivity contribution >= 4 is 11.8 Å². The van der Waals surface area contributed by atoms with E-state index in [1.165, 1.54) is 12.8 Å². The van der Waals surface area contributed by atoms with Gasteiger partial charge >= 0.3 is 6.03 Å². The first-order chi connectivity index (χ1) is 9.26. The van der Waals surface area contributed by atoms with E-state index in [2.05, 4.69) is 22.7 Å². The molecular weight excluding hydrogens is 244 g/mol. The van der Waals surface area contributed by atoms with Crippen molar-refractivity contribution in [2.45, 2.75) is 39.2 Å². The van der Waals surface area contributed by atoms with E-state index in [4.69, 9.17) is 4.74 Å². The molecule has 0 aliphatic heterocycles. The summed E-state index contributed by atoms with van der Waals surface area (Å²) in [5.41, 5.74) is 0. The number of methoxy groups -OCH3 is 1. The van der Waals surface area contributed by atoms with Crippen LogP contribution < -0.4 is 10.6 Å². The number of carbonyl (C=O) groups excluding carboxylic acids is 1. The standard InChI is InChI=1S/C13H24N4O2/c1-3-4-5-6-8-14-13(18)15-12-7-9-17(16-12)10-11-19-2/h7,9H,3-6,8,10-11H2,1-2H3,(H2,14,15,16,18). The first kappa shape index (κ1) is 15.5. The molecule has 19 heavy (non-hydrogen) atoms. The lowest BCUT2D eigenvalue weighted by Gasteiger charge is -2.05. The zero-order valence-corrected chi connectivity index (χ0v) is 11.8. The lowest BCUT2D eigenvalue weighted by molar-refractivity contribution is 0.183. The van der Waals surface area contributed by atoms with E-state index in [-0.39, 0.29) is 6.03 Å². The van der Waals surface area contributed by atoms with E-state index >= 15 is 0 Å². The Kier molecular flexibility index (Phi) is 7.65. The molecule has 0 atom stereocenters. The molecule has 2 amide bonds. The minimum Gasteiger partial charge on any atom is -0.383 e. The number of amides is 2. The zero-order chi connectivity index (χ0) is 13.9. The molecule has 2 N–H and O–H groups in total. The van der Waals surface area contributed by atoms with Crippen LogP contribution in [-0.4, -0.2) is 36.1 Å². The molecule has 0 aliphatic rings. The van der Waals surface area contributed by atoms with Crippen LogP contribution in [0.3, 0.4) is 0 Å². The van der Waals surface area contributed by atoms with Gasteiger partial charge in [-0.3, -0.25) is 10.00 Å². The molecular formula is C13H24N4O2. The largest absolute Gasteiger partial charge is 0.383 e. The van der Waals surface area contributed by atoms with E-state index in [0.717, 1.165) is 12.8 Å². The Bertz CT molecular complexity index is 365. The first-order valence-electron chi connectivity index (χ1n) is 6.83. The molecule has 6 heteroatoms. The van der Waals surface area contributed by atoms with Crippen LogP contribution in [-0.2, 0) is 11.3 Å². The maximum Gasteiger partial charge on any atom is 0.320 e. The quantitative estimate of drug-likeness (QED) is 0.675. The number of hydrogen-bond acceptors (Lipinski definition) is 3. The highest BCUT2D eigenvalue weighted by atomic mass is 16.5. The molecule has 6 nitrogen and oxygen atoms in total. The van der Waals surface area contributed by atoms with Gasteiger partial charge in [-0.05, 0) is 6.42 Å². The minimum absolute atomic E-state index is 0.200. The Morgan fingerprint density at radius 1 is 1.42 bits per heavy atom. The Morgan fingerprint density at radius 2 is 2.26 bits per heavy atom. The predicted octanol–water partition coefficient (Wildman–Crippen LogP) is 2.23. The van der Waals surface area contributed by atoms with Crippen molar-refractivity contribution in [1.29, 1.82) is 0 Å². The monoisotopic (exact) mass is 268 g/mol. The second-order valence-electron chi connectivity index (χ2n) is 4.40. The Labute approximate surface area is 114 Å². The lowest BCUT2D eigenvalue weighted by atomic mass is 10.2. The Morgan fingerprint density at radius 3 is 3.00 bits per heavy atom. The second kappa shape index (κ2) is 9.38. The fourth-order valence-corrected chi connectivity index (χ4v) is 1.65. The van der Waals surface area contributed by atoms with Crippen molar-refractivity contribution in [2.24, 2.45) is 0 Å². The van der Waals surface area contributed by atoms with Crippen LogP contribution in [0.1, 0.15) is 32.6 Å². The summed E-state index contributed by atoms with van der Waals surface area (Å²) in [5.74, 6) is 0.558. The maximum absolute atomic E-state index is 11.6. The van der Waals surface area contributed by atoms with Crippen LogP contribution in [0.2, 0.25) is 0 Å². The number of ether oxygens (including phenoxy) is 1. The molecule has 1 rings (SSSR count). The molecule has 0 saturated heterocycles. The van der Waals surface area contributed by atoms with Crippen LogP contribution in [0.25, 0.3) is 0 Å². The van der Waals surface area contributed by atoms with Crippen LogP contribution in [0.4, 0.5) is 10.6 Å². The molecule has 0 unspecified atom stereocenters. The van der Waals surface area contributed by atoms with Gasteiger partial charge in [0, 0.05) is 25.9 Å². The van der Waals surface area contributed by atoms with Crippen molar-refractivity contribution in [3.05, 3.63) is 12.3 Å². The summed E-state index contributed by atoms with van der Waals surface area (Å²) in [6.07, 6.45) is 6.40. The van der Waals surface area contributed by atoms with Crippen molar-refractivity contribution in [3.8, 4) is 0 Å². The number of rotatable bonds is 9. The van der Waals surface area contributed by atoms with Gasteiger partial charge < -0.3 is 10.1 Å². The van der Waals surface area contributed by atoms with E-state index < -0.39 is 0 Å². The smallest absolute Gasteiger partial charge is 0.320 e. The summed E-state index contributed by atoms with van der Waals surface area (Å²) >= 11 is 0. The summed E-state index contributed by atoms with van der Waals surface area (Å²) in [6, 6.07) is 1.57. The molecule has 0 aromatic carbocycles. The second-order valence-corrected chi connectivity index (χ2v) is 4.40. The highest BCUT2D eigenvalue weighted by molar-refractivity contribution is 5.88. The third-order valence-corrected chi connectivity index (χ3v) is 2.72. The molecule has 0 bridgehead atoms. The van der Waals surface area contributed by atoms with Gasteiger partial charge in [0.25, 0.3) is 0 Å². The number of hydrogen-bond donors (Lipinski definition) is 2. The topological polar surface area (TPSA) is 68.2 Å². The number of unbranched alkanes of at least 4 members (excludes halogenated alkanes) is 3. The number of nitrogens with one attached hydrogen (secondary N) is 2. The van der Waals surface area contributed by atoms with Gasteiger partial charge in [-0.2, -0.15) is 5.10 Å². The number of carbonyl (C=O) groups is 1. The van der Waals surface area contributed by atoms with Crippen molar-refractivity contribution in [1.82, 2.24) is 15.1 Å². The highest BCUT2D eigenvalue weighted by Crippen LogP contribution is 2.02. The Balaban J connectivity index is 2.18. The van der Waals surface area contributed by atoms with Crippen molar-refractivity contribution in [2.75, 3.05) is 25.6 Å². The van der Waals surface area contributed by atoms with Crippen LogP contribution in [0, 0.1) is 0 Å². The van der Waals surface area contributed by atoms with E-state index in [0.29, 0.717) is 25.5 Å². The fourth-order valence-electron chi connectivity index (χ4n) is 1.65. The number of anilines is 1. The normalized spacial score (nSPS) is 10.4. The number of nitrogens with zero attached hydrogens (tertiary/aromatic N) is 2. The first-order valence-corrected chi connectivity index (χ1v) is 6.83. The van der Waals surface area contributed by atoms with Crippen LogP contribution >= 0.6 is 0 Å². The third kappa shape index (κ3) is 6.81. The fraction of sp³-hybridized carbons (Fsp3) is 0.692. The molecule has 1 heterocycles. The summed E-state index contributed by atoms with van der Waals surface area (Å²) < 4.78 is 6.70. The van der Waals surface area contributed by atoms with E-state index in [9.17, 15) is 4.79 Å². The Hall–Kier alpha value is -1.56. The molecule has 1 aromatic rings. The van der Waals surface area contributed by atoms with Crippen LogP contribution in [0.5, 0.6) is 0 Å². The number of urea groups is 1. The predicted molar refractivity (Wildman–Crippen MR) is 75.3 cm³/mol. The van der Waals surface area contributed by atoms with Gasteiger partial charge in [-0.15, -0.1) is 0 Å². The SMILES string of the molecule is CCCCCCNC(=O)Nc1ccn(CCOC)n1. The molecule has 0 aliphatic carbocycles. The zero-order valence-electron chi connectivity index (χ0n) is 11.8. The van der Waals surface area contributed by atoms with E-state index in [1.807, 2.05) is 6.20 Å². The minimum atomic E-state index is -0.200. The lowest BCUT2D eigenvalue weighted by Crippen LogP contribution is -2.29. The molecule has 0 saturated carbocycles. The van der Waals surface area contributed by atoms with Gasteiger partial charge in [-0.1, -0.05) is 26.2 Å². The maximum atomic E-state index is 11.6. The average Bonchev–Trinajstić information content (AvgIpc) is 2.83. The molecule has 0 spiro atoms. The molecule has 0 radical (unpaired) electrons. The summed E-state index contributed by atoms with van der Waals surface area (Å²) in [4.78, 5) is 11.6. The summed E-state index contributed by atoms with van der Waals surface area (Å²) in [6.45, 7) is 4.15. The third-order valence-electron chi connectivity index (χ3n) is 2.72. The molecule has 108 valence electrons. The number of aromatic nitrogens is 2. The van der Waals surface area contributed by atoms with E-state index in [1.54, 1.807) is 17.9 Å². The summed E-state index contributed by atoms with van der Waals surface area (Å²) in [5, 5.41) is 9.74. The van der Waals surface area contributed by atoms with Gasteiger partial charge in [0.05, 0.1) is 13.2 Å². The van der Waals surface area contributed by atoms with Gasteiger partial charge in [0.1, 0.15) is 0 Å². The molecule has 0 fully saturated rings. The van der Waals surface area contributed by atoms with Gasteiger partial charge in [-0.25, -0.2) is 4.79 Å². The van der Waals surface area contributed by atoms with Gasteiger partial charge in [0.15, 0.2) is 5.82 Å².